The quantitative estimate of drug-likeness (QED) is 0.771. The molecule has 1 aromatic carbocycles. The predicted octanol–water partition coefficient (Wildman–Crippen LogP) is 2.54. The summed E-state index contributed by atoms with van der Waals surface area (Å²) in [5.74, 6) is 1.25. The van der Waals surface area contributed by atoms with E-state index in [1.54, 1.807) is 13.3 Å². The molecule has 0 aliphatic rings. The summed E-state index contributed by atoms with van der Waals surface area (Å²) in [5, 5.41) is 4.78. The normalized spacial score (nSPS) is 10.5. The first-order chi connectivity index (χ1) is 10.3. The van der Waals surface area contributed by atoms with Crippen molar-refractivity contribution in [3.8, 4) is 5.88 Å². The highest BCUT2D eigenvalue weighted by Gasteiger charge is 2.05. The lowest BCUT2D eigenvalue weighted by Gasteiger charge is -2.10. The van der Waals surface area contributed by atoms with Gasteiger partial charge in [-0.25, -0.2) is 4.98 Å². The fourth-order valence-corrected chi connectivity index (χ4v) is 2.24. The average Bonchev–Trinajstić information content (AvgIpc) is 2.53. The van der Waals surface area contributed by atoms with Crippen molar-refractivity contribution in [2.45, 2.75) is 6.54 Å². The van der Waals surface area contributed by atoms with Gasteiger partial charge in [-0.2, -0.15) is 0 Å². The van der Waals surface area contributed by atoms with E-state index in [0.29, 0.717) is 23.6 Å². The zero-order valence-corrected chi connectivity index (χ0v) is 11.6. The molecule has 5 heteroatoms. The first-order valence-corrected chi connectivity index (χ1v) is 6.62. The van der Waals surface area contributed by atoms with Crippen molar-refractivity contribution in [1.29, 1.82) is 0 Å². The Kier molecular flexibility index (Phi) is 3.55. The van der Waals surface area contributed by atoms with Crippen molar-refractivity contribution < 1.29 is 4.74 Å². The Labute approximate surface area is 121 Å². The molecule has 0 spiro atoms. The molecule has 3 aromatic rings. The molecule has 0 bridgehead atoms. The van der Waals surface area contributed by atoms with Crippen LogP contribution in [0.25, 0.3) is 10.8 Å². The second kappa shape index (κ2) is 5.66. The molecule has 2 heterocycles. The topological polar surface area (TPSA) is 67.0 Å². The third-order valence-corrected chi connectivity index (χ3v) is 3.27. The molecule has 0 saturated heterocycles. The van der Waals surface area contributed by atoms with Crippen LogP contribution in [0.15, 0.2) is 53.5 Å². The fraction of sp³-hybridized carbons (Fsp3) is 0.125. The average molecular weight is 281 g/mol. The van der Waals surface area contributed by atoms with Gasteiger partial charge < -0.3 is 15.0 Å². The van der Waals surface area contributed by atoms with Crippen LogP contribution < -0.4 is 15.6 Å². The van der Waals surface area contributed by atoms with Crippen molar-refractivity contribution in [3.63, 3.8) is 0 Å². The molecule has 2 aromatic heterocycles. The highest BCUT2D eigenvalue weighted by atomic mass is 16.5. The Hall–Kier alpha value is -2.82. The molecule has 0 atom stereocenters. The number of ether oxygens (including phenoxy) is 1. The minimum absolute atomic E-state index is 0.103. The number of benzene rings is 1. The summed E-state index contributed by atoms with van der Waals surface area (Å²) in [5.41, 5.74) is 0.822. The van der Waals surface area contributed by atoms with Gasteiger partial charge in [0.15, 0.2) is 0 Å². The number of anilines is 1. The summed E-state index contributed by atoms with van der Waals surface area (Å²) >= 11 is 0. The Balaban J connectivity index is 1.87. The number of aromatic nitrogens is 2. The second-order valence-corrected chi connectivity index (χ2v) is 4.62. The van der Waals surface area contributed by atoms with Crippen LogP contribution in [0.1, 0.15) is 5.56 Å². The third-order valence-electron chi connectivity index (χ3n) is 3.27. The van der Waals surface area contributed by atoms with E-state index in [9.17, 15) is 4.79 Å². The number of nitrogens with one attached hydrogen (secondary N) is 2. The van der Waals surface area contributed by atoms with Gasteiger partial charge in [0.1, 0.15) is 5.82 Å². The molecule has 0 saturated carbocycles. The minimum atomic E-state index is -0.103. The first kappa shape index (κ1) is 13.2. The zero-order chi connectivity index (χ0) is 14.7. The SMILES string of the molecule is COc1ncccc1CNc1cc2ccccc2c(=O)[nH]1. The van der Waals surface area contributed by atoms with Crippen LogP contribution in [0.2, 0.25) is 0 Å². The Morgan fingerprint density at radius 3 is 2.95 bits per heavy atom. The van der Waals surface area contributed by atoms with Gasteiger partial charge >= 0.3 is 0 Å². The number of rotatable bonds is 4. The number of hydrogen-bond donors (Lipinski definition) is 2. The molecule has 0 aliphatic carbocycles. The maximum atomic E-state index is 12.0. The van der Waals surface area contributed by atoms with E-state index in [1.807, 2.05) is 42.5 Å². The van der Waals surface area contributed by atoms with Gasteiger partial charge in [0.25, 0.3) is 5.56 Å². The van der Waals surface area contributed by atoms with E-state index < -0.39 is 0 Å². The lowest BCUT2D eigenvalue weighted by Crippen LogP contribution is -2.11. The van der Waals surface area contributed by atoms with Gasteiger partial charge in [-0.1, -0.05) is 24.3 Å². The Morgan fingerprint density at radius 1 is 1.24 bits per heavy atom. The molecule has 21 heavy (non-hydrogen) atoms. The van der Waals surface area contributed by atoms with E-state index in [-0.39, 0.29) is 5.56 Å². The summed E-state index contributed by atoms with van der Waals surface area (Å²) in [6, 6.07) is 13.2. The molecule has 0 fully saturated rings. The van der Waals surface area contributed by atoms with E-state index in [1.165, 1.54) is 0 Å². The molecule has 5 nitrogen and oxygen atoms in total. The van der Waals surface area contributed by atoms with Gasteiger partial charge in [0.2, 0.25) is 5.88 Å². The van der Waals surface area contributed by atoms with Crippen LogP contribution in [0, 0.1) is 0 Å². The summed E-state index contributed by atoms with van der Waals surface area (Å²) in [7, 11) is 1.59. The van der Waals surface area contributed by atoms with E-state index >= 15 is 0 Å². The number of methoxy groups -OCH3 is 1. The van der Waals surface area contributed by atoms with E-state index in [0.717, 1.165) is 10.9 Å². The molecule has 0 radical (unpaired) electrons. The number of pyridine rings is 2. The molecule has 0 aliphatic heterocycles. The largest absolute Gasteiger partial charge is 0.481 e. The van der Waals surface area contributed by atoms with Crippen LogP contribution in [-0.2, 0) is 6.54 Å². The van der Waals surface area contributed by atoms with Gasteiger partial charge in [0, 0.05) is 23.7 Å². The van der Waals surface area contributed by atoms with Crippen LogP contribution in [-0.4, -0.2) is 17.1 Å². The lowest BCUT2D eigenvalue weighted by molar-refractivity contribution is 0.393. The standard InChI is InChI=1S/C16H15N3O2/c1-21-16-12(6-4-8-17-16)10-18-14-9-11-5-2-3-7-13(11)15(20)19-14/h2-9H,10H2,1H3,(H2,18,19,20). The van der Waals surface area contributed by atoms with Crippen LogP contribution >= 0.6 is 0 Å². The minimum Gasteiger partial charge on any atom is -0.481 e. The number of fused-ring (bicyclic) bond motifs is 1. The Bertz CT molecular complexity index is 827. The smallest absolute Gasteiger partial charge is 0.257 e. The fourth-order valence-electron chi connectivity index (χ4n) is 2.24. The Morgan fingerprint density at radius 2 is 2.10 bits per heavy atom. The zero-order valence-electron chi connectivity index (χ0n) is 11.6. The van der Waals surface area contributed by atoms with Crippen LogP contribution in [0.3, 0.4) is 0 Å². The second-order valence-electron chi connectivity index (χ2n) is 4.62. The summed E-state index contributed by atoms with van der Waals surface area (Å²) in [6.45, 7) is 0.519. The summed E-state index contributed by atoms with van der Waals surface area (Å²) in [6.07, 6.45) is 1.68. The number of hydrogen-bond acceptors (Lipinski definition) is 4. The first-order valence-electron chi connectivity index (χ1n) is 6.62. The van der Waals surface area contributed by atoms with Crippen molar-refractivity contribution in [2.24, 2.45) is 0 Å². The monoisotopic (exact) mass is 281 g/mol. The lowest BCUT2D eigenvalue weighted by atomic mass is 10.2. The van der Waals surface area contributed by atoms with Gasteiger partial charge in [-0.05, 0) is 23.6 Å². The molecule has 0 amide bonds. The van der Waals surface area contributed by atoms with Crippen molar-refractivity contribution >= 4 is 16.6 Å². The molecule has 0 unspecified atom stereocenters. The number of aromatic amines is 1. The molecule has 106 valence electrons. The van der Waals surface area contributed by atoms with Gasteiger partial charge in [-0.15, -0.1) is 0 Å². The summed E-state index contributed by atoms with van der Waals surface area (Å²) < 4.78 is 5.20. The highest BCUT2D eigenvalue weighted by Crippen LogP contribution is 2.17. The van der Waals surface area contributed by atoms with E-state index in [2.05, 4.69) is 15.3 Å². The maximum Gasteiger partial charge on any atom is 0.257 e. The number of nitrogens with zero attached hydrogens (tertiary/aromatic N) is 1. The number of H-pyrrole nitrogens is 1. The van der Waals surface area contributed by atoms with Crippen molar-refractivity contribution in [1.82, 2.24) is 9.97 Å². The molecular formula is C16H15N3O2. The van der Waals surface area contributed by atoms with Crippen molar-refractivity contribution in [2.75, 3.05) is 12.4 Å². The van der Waals surface area contributed by atoms with Crippen molar-refractivity contribution in [3.05, 3.63) is 64.6 Å². The van der Waals surface area contributed by atoms with Gasteiger partial charge in [-0.3, -0.25) is 4.79 Å². The van der Waals surface area contributed by atoms with Crippen LogP contribution in [0.4, 0.5) is 5.82 Å². The van der Waals surface area contributed by atoms with E-state index in [4.69, 9.17) is 4.74 Å². The highest BCUT2D eigenvalue weighted by molar-refractivity contribution is 5.83. The summed E-state index contributed by atoms with van der Waals surface area (Å²) in [4.78, 5) is 19.0. The molecular weight excluding hydrogens is 266 g/mol. The molecule has 2 N–H and O–H groups in total. The molecule has 3 rings (SSSR count). The third kappa shape index (κ3) is 2.72. The van der Waals surface area contributed by atoms with Crippen LogP contribution in [0.5, 0.6) is 5.88 Å². The predicted molar refractivity (Wildman–Crippen MR) is 82.7 cm³/mol. The van der Waals surface area contributed by atoms with Gasteiger partial charge in [0.05, 0.1) is 7.11 Å². The maximum absolute atomic E-state index is 12.0.